The number of rotatable bonds is 2. The van der Waals surface area contributed by atoms with Crippen LogP contribution in [0.1, 0.15) is 49.7 Å². The van der Waals surface area contributed by atoms with Crippen LogP contribution in [0.5, 0.6) is 5.75 Å². The summed E-state index contributed by atoms with van der Waals surface area (Å²) in [7, 11) is 0. The second kappa shape index (κ2) is 5.65. The molecule has 2 bridgehead atoms. The number of benzene rings is 1. The first-order chi connectivity index (χ1) is 11.4. The van der Waals surface area contributed by atoms with E-state index >= 15 is 0 Å². The van der Waals surface area contributed by atoms with Crippen LogP contribution in [0.2, 0.25) is 0 Å². The Kier molecular flexibility index (Phi) is 3.83. The second-order valence-corrected chi connectivity index (χ2v) is 7.77. The predicted molar refractivity (Wildman–Crippen MR) is 86.1 cm³/mol. The number of nitrogens with zero attached hydrogens (tertiary/aromatic N) is 1. The van der Waals surface area contributed by atoms with Gasteiger partial charge >= 0.3 is 6.18 Å². The summed E-state index contributed by atoms with van der Waals surface area (Å²) in [6.45, 7) is 0.868. The van der Waals surface area contributed by atoms with E-state index in [1.165, 1.54) is 18.4 Å². The highest BCUT2D eigenvalue weighted by atomic mass is 19.4. The molecule has 3 atom stereocenters. The molecule has 2 fully saturated rings. The molecule has 1 saturated heterocycles. The molecule has 0 spiro atoms. The first kappa shape index (κ1) is 16.2. The lowest BCUT2D eigenvalue weighted by molar-refractivity contribution is -0.143. The summed E-state index contributed by atoms with van der Waals surface area (Å²) < 4.78 is 38.1. The molecule has 0 radical (unpaired) electrons. The van der Waals surface area contributed by atoms with Crippen LogP contribution >= 0.6 is 0 Å². The van der Waals surface area contributed by atoms with Crippen molar-refractivity contribution in [3.63, 3.8) is 0 Å². The van der Waals surface area contributed by atoms with Gasteiger partial charge in [-0.05, 0) is 61.4 Å². The fourth-order valence-corrected chi connectivity index (χ4v) is 5.65. The van der Waals surface area contributed by atoms with Crippen LogP contribution in [-0.2, 0) is 11.8 Å². The van der Waals surface area contributed by atoms with Crippen LogP contribution in [0, 0.1) is 5.92 Å². The molecule has 1 unspecified atom stereocenters. The van der Waals surface area contributed by atoms with Crippen LogP contribution in [0.25, 0.3) is 0 Å². The number of phenols is 1. The number of phenolic OH excluding ortho intramolecular Hbond substituents is 1. The van der Waals surface area contributed by atoms with E-state index in [1.54, 1.807) is 6.07 Å². The maximum absolute atomic E-state index is 12.7. The van der Waals surface area contributed by atoms with Gasteiger partial charge in [0.05, 0.1) is 6.42 Å². The molecule has 1 aliphatic heterocycles. The number of hydrogen-bond acceptors (Lipinski definition) is 2. The predicted octanol–water partition coefficient (Wildman–Crippen LogP) is 4.40. The molecular weight excluding hydrogens is 315 g/mol. The third kappa shape index (κ3) is 2.61. The van der Waals surface area contributed by atoms with Crippen molar-refractivity contribution in [2.24, 2.45) is 5.92 Å². The van der Waals surface area contributed by atoms with Crippen LogP contribution in [0.4, 0.5) is 13.2 Å². The molecule has 2 aliphatic carbocycles. The van der Waals surface area contributed by atoms with Crippen molar-refractivity contribution in [1.82, 2.24) is 4.90 Å². The van der Waals surface area contributed by atoms with E-state index in [0.717, 1.165) is 37.8 Å². The maximum Gasteiger partial charge on any atom is 0.390 e. The average Bonchev–Trinajstić information content (AvgIpc) is 2.52. The van der Waals surface area contributed by atoms with Gasteiger partial charge in [-0.15, -0.1) is 0 Å². The van der Waals surface area contributed by atoms with Gasteiger partial charge in [0, 0.05) is 18.0 Å². The van der Waals surface area contributed by atoms with E-state index in [1.807, 2.05) is 6.07 Å². The molecule has 1 aromatic carbocycles. The third-order valence-corrected chi connectivity index (χ3v) is 6.61. The molecule has 5 heteroatoms. The first-order valence-corrected chi connectivity index (χ1v) is 9.02. The minimum atomic E-state index is -4.09. The van der Waals surface area contributed by atoms with Gasteiger partial charge < -0.3 is 5.11 Å². The van der Waals surface area contributed by atoms with Crippen molar-refractivity contribution in [2.45, 2.75) is 62.6 Å². The zero-order chi connectivity index (χ0) is 16.9. The fourth-order valence-electron chi connectivity index (χ4n) is 5.65. The molecule has 1 saturated carbocycles. The Morgan fingerprint density at radius 3 is 2.83 bits per heavy atom. The van der Waals surface area contributed by atoms with E-state index < -0.39 is 12.6 Å². The van der Waals surface area contributed by atoms with Gasteiger partial charge in [-0.25, -0.2) is 0 Å². The van der Waals surface area contributed by atoms with E-state index in [4.69, 9.17) is 0 Å². The average molecular weight is 339 g/mol. The lowest BCUT2D eigenvalue weighted by Gasteiger charge is -2.59. The van der Waals surface area contributed by atoms with Gasteiger partial charge in [0.15, 0.2) is 0 Å². The fraction of sp³-hybridized carbons (Fsp3) is 0.684. The minimum Gasteiger partial charge on any atom is -0.508 e. The Hall–Kier alpha value is -1.23. The number of alkyl halides is 3. The van der Waals surface area contributed by atoms with Gasteiger partial charge in [0.2, 0.25) is 0 Å². The van der Waals surface area contributed by atoms with E-state index in [2.05, 4.69) is 11.0 Å². The Morgan fingerprint density at radius 2 is 2.04 bits per heavy atom. The van der Waals surface area contributed by atoms with Crippen molar-refractivity contribution in [3.8, 4) is 5.75 Å². The Bertz CT molecular complexity index is 630. The normalized spacial score (nSPS) is 33.0. The van der Waals surface area contributed by atoms with E-state index in [9.17, 15) is 18.3 Å². The lowest BCUT2D eigenvalue weighted by Crippen LogP contribution is -2.61. The van der Waals surface area contributed by atoms with Gasteiger partial charge in [0.25, 0.3) is 0 Å². The number of likely N-dealkylation sites (tertiary alicyclic amines) is 1. The minimum absolute atomic E-state index is 0.106. The first-order valence-electron chi connectivity index (χ1n) is 9.02. The largest absolute Gasteiger partial charge is 0.508 e. The van der Waals surface area contributed by atoms with Gasteiger partial charge in [0.1, 0.15) is 5.75 Å². The smallest absolute Gasteiger partial charge is 0.390 e. The van der Waals surface area contributed by atoms with Crippen molar-refractivity contribution in [3.05, 3.63) is 29.3 Å². The highest BCUT2D eigenvalue weighted by Gasteiger charge is 2.53. The highest BCUT2D eigenvalue weighted by Crippen LogP contribution is 2.56. The van der Waals surface area contributed by atoms with Gasteiger partial charge in [-0.1, -0.05) is 18.9 Å². The third-order valence-electron chi connectivity index (χ3n) is 6.61. The summed E-state index contributed by atoms with van der Waals surface area (Å²) in [5.74, 6) is 0.726. The summed E-state index contributed by atoms with van der Waals surface area (Å²) in [4.78, 5) is 2.08. The quantitative estimate of drug-likeness (QED) is 0.863. The van der Waals surface area contributed by atoms with Crippen molar-refractivity contribution >= 4 is 0 Å². The zero-order valence-electron chi connectivity index (χ0n) is 13.8. The SMILES string of the molecule is Oc1ccc2c(c1)C[C@@H]1[C@@H]3CCCCC23CCN1CCC(F)(F)F. The maximum atomic E-state index is 12.7. The number of piperidine rings is 1. The summed E-state index contributed by atoms with van der Waals surface area (Å²) >= 11 is 0. The molecule has 4 rings (SSSR count). The second-order valence-electron chi connectivity index (χ2n) is 7.77. The van der Waals surface area contributed by atoms with E-state index in [-0.39, 0.29) is 23.8 Å². The summed E-state index contributed by atoms with van der Waals surface area (Å²) in [5.41, 5.74) is 2.63. The number of halogens is 3. The molecule has 0 aromatic heterocycles. The number of hydrogen-bond donors (Lipinski definition) is 1. The molecule has 24 heavy (non-hydrogen) atoms. The summed E-state index contributed by atoms with van der Waals surface area (Å²) in [6.07, 6.45) is 1.54. The Balaban J connectivity index is 1.68. The molecule has 1 aromatic rings. The van der Waals surface area contributed by atoms with E-state index in [0.29, 0.717) is 5.92 Å². The zero-order valence-corrected chi connectivity index (χ0v) is 13.8. The van der Waals surface area contributed by atoms with Crippen molar-refractivity contribution in [1.29, 1.82) is 0 Å². The topological polar surface area (TPSA) is 23.5 Å². The molecule has 1 N–H and O–H groups in total. The van der Waals surface area contributed by atoms with Gasteiger partial charge in [-0.2, -0.15) is 13.2 Å². The lowest BCUT2D eigenvalue weighted by atomic mass is 9.52. The van der Waals surface area contributed by atoms with Crippen LogP contribution < -0.4 is 0 Å². The molecule has 1 heterocycles. The van der Waals surface area contributed by atoms with Crippen LogP contribution in [0.3, 0.4) is 0 Å². The monoisotopic (exact) mass is 339 g/mol. The Morgan fingerprint density at radius 1 is 1.21 bits per heavy atom. The standard InChI is InChI=1S/C19H24F3NO/c20-19(21,22)8-10-23-9-7-18-6-2-1-3-16(18)17(23)12-13-11-14(24)4-5-15(13)18/h4-5,11,16-17,24H,1-3,6-10,12H2/t16-,17+,18?/m0/s1. The number of fused-ring (bicyclic) bond motifs is 1. The van der Waals surface area contributed by atoms with Crippen LogP contribution in [0.15, 0.2) is 18.2 Å². The molecular formula is C19H24F3NO. The van der Waals surface area contributed by atoms with Crippen molar-refractivity contribution in [2.75, 3.05) is 13.1 Å². The summed E-state index contributed by atoms with van der Waals surface area (Å²) in [6, 6.07) is 5.87. The van der Waals surface area contributed by atoms with Crippen molar-refractivity contribution < 1.29 is 18.3 Å². The molecule has 132 valence electrons. The van der Waals surface area contributed by atoms with Crippen LogP contribution in [-0.4, -0.2) is 35.3 Å². The molecule has 2 nitrogen and oxygen atoms in total. The number of aromatic hydroxyl groups is 1. The van der Waals surface area contributed by atoms with Gasteiger partial charge in [-0.3, -0.25) is 4.90 Å². The summed E-state index contributed by atoms with van der Waals surface area (Å²) in [5, 5.41) is 9.86. The molecule has 0 amide bonds. The molecule has 3 aliphatic rings. The highest BCUT2D eigenvalue weighted by molar-refractivity contribution is 5.44. The Labute approximate surface area is 140 Å².